The molecule has 30 heavy (non-hydrogen) atoms. The molecule has 0 amide bonds. The van der Waals surface area contributed by atoms with Crippen molar-refractivity contribution in [2.24, 2.45) is 5.92 Å². The topological polar surface area (TPSA) is 69.9 Å². The van der Waals surface area contributed by atoms with Crippen LogP contribution < -0.4 is 10.3 Å². The van der Waals surface area contributed by atoms with E-state index in [4.69, 9.17) is 11.6 Å². The number of nitrogens with zero attached hydrogens (tertiary/aromatic N) is 4. The lowest BCUT2D eigenvalue weighted by Crippen LogP contribution is -2.29. The van der Waals surface area contributed by atoms with Gasteiger partial charge in [0.2, 0.25) is 0 Å². The van der Waals surface area contributed by atoms with Gasteiger partial charge in [0.05, 0.1) is 5.02 Å². The number of hydrogen-bond donors (Lipinski definition) is 0. The normalized spacial score (nSPS) is 15.4. The van der Waals surface area contributed by atoms with Gasteiger partial charge < -0.3 is 4.74 Å². The Hall–Kier alpha value is -2.68. The maximum absolute atomic E-state index is 12.9. The number of fused-ring (bicyclic) bond motifs is 1. The molecule has 10 heteroatoms. The average molecular weight is 439 g/mol. The third-order valence-electron chi connectivity index (χ3n) is 5.18. The van der Waals surface area contributed by atoms with Crippen molar-refractivity contribution in [1.82, 2.24) is 19.5 Å². The molecule has 0 saturated heterocycles. The van der Waals surface area contributed by atoms with Crippen molar-refractivity contribution in [3.05, 3.63) is 45.6 Å². The zero-order chi connectivity index (χ0) is 21.6. The summed E-state index contributed by atoms with van der Waals surface area (Å²) in [5, 5.41) is 0.0168. The minimum atomic E-state index is -4.82. The Morgan fingerprint density at radius 1 is 1.30 bits per heavy atom. The molecular weight excluding hydrogens is 421 g/mol. The van der Waals surface area contributed by atoms with Crippen LogP contribution in [-0.4, -0.2) is 25.9 Å². The fourth-order valence-electron chi connectivity index (χ4n) is 3.73. The molecule has 1 saturated carbocycles. The lowest BCUT2D eigenvalue weighted by Gasteiger charge is -2.20. The Balaban J connectivity index is 1.89. The van der Waals surface area contributed by atoms with Crippen LogP contribution in [0.1, 0.15) is 37.9 Å². The summed E-state index contributed by atoms with van der Waals surface area (Å²) in [7, 11) is 0. The van der Waals surface area contributed by atoms with Gasteiger partial charge in [-0.15, -0.1) is 13.2 Å². The summed E-state index contributed by atoms with van der Waals surface area (Å²) in [5.74, 6) is -0.0195. The number of alkyl halides is 3. The fraction of sp³-hybridized carbons (Fsp3) is 0.400. The summed E-state index contributed by atoms with van der Waals surface area (Å²) < 4.78 is 43.0. The molecule has 1 aliphatic rings. The van der Waals surface area contributed by atoms with Crippen molar-refractivity contribution in [2.45, 2.75) is 45.5 Å². The number of benzene rings is 1. The molecule has 1 atom stereocenters. The molecule has 0 N–H and O–H groups in total. The van der Waals surface area contributed by atoms with Crippen LogP contribution >= 0.6 is 11.6 Å². The highest BCUT2D eigenvalue weighted by molar-refractivity contribution is 6.33. The maximum Gasteiger partial charge on any atom is 0.573 e. The van der Waals surface area contributed by atoms with Gasteiger partial charge in [-0.3, -0.25) is 9.36 Å². The monoisotopic (exact) mass is 438 g/mol. The lowest BCUT2D eigenvalue weighted by atomic mass is 10.1. The minimum absolute atomic E-state index is 0.00230. The third-order valence-corrected chi connectivity index (χ3v) is 5.50. The number of hydrogen-bond acceptors (Lipinski definition) is 5. The second-order valence-electron chi connectivity index (χ2n) is 7.27. The summed E-state index contributed by atoms with van der Waals surface area (Å²) in [6.45, 7) is 3.64. The zero-order valence-corrected chi connectivity index (χ0v) is 17.0. The molecule has 6 nitrogen and oxygen atoms in total. The Labute approximate surface area is 174 Å². The van der Waals surface area contributed by atoms with E-state index in [0.29, 0.717) is 34.0 Å². The standard InChI is InChI=1S/C20H18ClF3N4O2/c1-3-15(11-4-5-11)28-18-17(27-10(2)19(28)29)16(25-9-26-18)13-7-6-12(8-14(13)21)30-20(22,23)24/h6-9,11,15H,3-5H2,1-2H3. The summed E-state index contributed by atoms with van der Waals surface area (Å²) in [6.07, 6.45) is -0.636. The van der Waals surface area contributed by atoms with E-state index >= 15 is 0 Å². The molecule has 2 aromatic heterocycles. The quantitative estimate of drug-likeness (QED) is 0.556. The van der Waals surface area contributed by atoms with Crippen LogP contribution in [0.4, 0.5) is 13.2 Å². The van der Waals surface area contributed by atoms with Gasteiger partial charge in [0.25, 0.3) is 5.56 Å². The molecule has 158 valence electrons. The first-order valence-electron chi connectivity index (χ1n) is 9.49. The maximum atomic E-state index is 12.9. The molecule has 2 heterocycles. The summed E-state index contributed by atoms with van der Waals surface area (Å²) in [6, 6.07) is 3.61. The zero-order valence-electron chi connectivity index (χ0n) is 16.2. The molecule has 0 aliphatic heterocycles. The SMILES string of the molecule is CCC(C1CC1)n1c(=O)c(C)nc2c(-c3ccc(OC(F)(F)F)cc3Cl)ncnc21. The minimum Gasteiger partial charge on any atom is -0.406 e. The van der Waals surface area contributed by atoms with Crippen LogP contribution in [0, 0.1) is 12.8 Å². The van der Waals surface area contributed by atoms with Gasteiger partial charge in [-0.2, -0.15) is 0 Å². The van der Waals surface area contributed by atoms with Crippen molar-refractivity contribution < 1.29 is 17.9 Å². The van der Waals surface area contributed by atoms with E-state index in [1.807, 2.05) is 6.92 Å². The van der Waals surface area contributed by atoms with Gasteiger partial charge in [0.1, 0.15) is 29.0 Å². The predicted octanol–water partition coefficient (Wildman–Crippen LogP) is 5.08. The van der Waals surface area contributed by atoms with Gasteiger partial charge >= 0.3 is 6.36 Å². The molecule has 1 unspecified atom stereocenters. The van der Waals surface area contributed by atoms with E-state index in [1.165, 1.54) is 12.4 Å². The van der Waals surface area contributed by atoms with E-state index in [0.717, 1.165) is 31.4 Å². The first-order valence-corrected chi connectivity index (χ1v) is 9.87. The van der Waals surface area contributed by atoms with Crippen molar-refractivity contribution in [1.29, 1.82) is 0 Å². The Kier molecular flexibility index (Phi) is 5.17. The molecule has 3 aromatic rings. The number of ether oxygens (including phenoxy) is 1. The van der Waals surface area contributed by atoms with Gasteiger partial charge in [0.15, 0.2) is 5.65 Å². The number of rotatable bonds is 5. The van der Waals surface area contributed by atoms with Crippen LogP contribution in [0.3, 0.4) is 0 Å². The summed E-state index contributed by atoms with van der Waals surface area (Å²) in [5.41, 5.74) is 1.57. The molecule has 0 radical (unpaired) electrons. The number of aromatic nitrogens is 4. The first-order chi connectivity index (χ1) is 14.2. The van der Waals surface area contributed by atoms with E-state index in [2.05, 4.69) is 19.7 Å². The van der Waals surface area contributed by atoms with E-state index in [9.17, 15) is 18.0 Å². The Morgan fingerprint density at radius 3 is 2.63 bits per heavy atom. The number of aryl methyl sites for hydroxylation is 1. The highest BCUT2D eigenvalue weighted by atomic mass is 35.5. The van der Waals surface area contributed by atoms with Crippen molar-refractivity contribution >= 4 is 22.8 Å². The van der Waals surface area contributed by atoms with Gasteiger partial charge in [-0.05, 0) is 50.3 Å². The molecule has 1 aliphatic carbocycles. The largest absolute Gasteiger partial charge is 0.573 e. The van der Waals surface area contributed by atoms with Gasteiger partial charge in [0, 0.05) is 11.6 Å². The fourth-order valence-corrected chi connectivity index (χ4v) is 3.99. The average Bonchev–Trinajstić information content (AvgIpc) is 3.49. The van der Waals surface area contributed by atoms with Crippen molar-refractivity contribution in [2.75, 3.05) is 0 Å². The second kappa shape index (κ2) is 7.54. The van der Waals surface area contributed by atoms with E-state index in [1.54, 1.807) is 11.5 Å². The summed E-state index contributed by atoms with van der Waals surface area (Å²) >= 11 is 6.25. The van der Waals surface area contributed by atoms with Gasteiger partial charge in [-0.1, -0.05) is 18.5 Å². The molecule has 0 bridgehead atoms. The van der Waals surface area contributed by atoms with Crippen LogP contribution in [-0.2, 0) is 0 Å². The Bertz CT molecular complexity index is 1180. The van der Waals surface area contributed by atoms with Crippen LogP contribution in [0.2, 0.25) is 5.02 Å². The second-order valence-corrected chi connectivity index (χ2v) is 7.68. The summed E-state index contributed by atoms with van der Waals surface area (Å²) in [4.78, 5) is 25.9. The predicted molar refractivity (Wildman–Crippen MR) is 106 cm³/mol. The van der Waals surface area contributed by atoms with Crippen molar-refractivity contribution in [3.8, 4) is 17.0 Å². The first kappa shape index (κ1) is 20.6. The van der Waals surface area contributed by atoms with Crippen LogP contribution in [0.25, 0.3) is 22.4 Å². The molecular formula is C20H18ClF3N4O2. The van der Waals surface area contributed by atoms with Gasteiger partial charge in [-0.25, -0.2) is 15.0 Å². The van der Waals surface area contributed by atoms with Crippen LogP contribution in [0.15, 0.2) is 29.3 Å². The molecule has 1 fully saturated rings. The molecule has 1 aromatic carbocycles. The highest BCUT2D eigenvalue weighted by Crippen LogP contribution is 2.42. The molecule has 0 spiro atoms. The van der Waals surface area contributed by atoms with E-state index < -0.39 is 12.1 Å². The third kappa shape index (κ3) is 3.86. The van der Waals surface area contributed by atoms with E-state index in [-0.39, 0.29) is 16.6 Å². The highest BCUT2D eigenvalue weighted by Gasteiger charge is 2.34. The van der Waals surface area contributed by atoms with Crippen LogP contribution in [0.5, 0.6) is 5.75 Å². The molecule has 4 rings (SSSR count). The smallest absolute Gasteiger partial charge is 0.406 e. The number of halogens is 4. The van der Waals surface area contributed by atoms with Crippen molar-refractivity contribution in [3.63, 3.8) is 0 Å². The Morgan fingerprint density at radius 2 is 2.03 bits per heavy atom. The lowest BCUT2D eigenvalue weighted by molar-refractivity contribution is -0.274.